The highest BCUT2D eigenvalue weighted by Gasteiger charge is 2.11. The van der Waals surface area contributed by atoms with E-state index < -0.39 is 0 Å². The lowest BCUT2D eigenvalue weighted by atomic mass is 10.1. The number of aromatic nitrogens is 2. The third-order valence-electron chi connectivity index (χ3n) is 2.81. The van der Waals surface area contributed by atoms with Crippen LogP contribution in [0.15, 0.2) is 28.6 Å². The summed E-state index contributed by atoms with van der Waals surface area (Å²) in [6.07, 6.45) is 1.37. The maximum absolute atomic E-state index is 11.9. The van der Waals surface area contributed by atoms with Gasteiger partial charge in [-0.2, -0.15) is 0 Å². The minimum Gasteiger partial charge on any atom is -0.300 e. The van der Waals surface area contributed by atoms with Crippen LogP contribution in [0, 0.1) is 0 Å². The van der Waals surface area contributed by atoms with Gasteiger partial charge in [-0.1, -0.05) is 60.7 Å². The van der Waals surface area contributed by atoms with Crippen LogP contribution in [-0.4, -0.2) is 21.4 Å². The molecule has 0 saturated carbocycles. The van der Waals surface area contributed by atoms with E-state index >= 15 is 0 Å². The fourth-order valence-corrected chi connectivity index (χ4v) is 3.65. The Balaban J connectivity index is 1.89. The minimum absolute atomic E-state index is 0.103. The zero-order chi connectivity index (χ0) is 15.2. The van der Waals surface area contributed by atoms with Crippen molar-refractivity contribution in [3.63, 3.8) is 0 Å². The summed E-state index contributed by atoms with van der Waals surface area (Å²) >= 11 is 8.90. The third kappa shape index (κ3) is 5.30. The number of nitrogens with one attached hydrogen (secondary N) is 1. The molecule has 112 valence electrons. The van der Waals surface area contributed by atoms with E-state index in [0.717, 1.165) is 16.3 Å². The molecule has 0 aliphatic carbocycles. The highest BCUT2D eigenvalue weighted by atomic mass is 35.5. The van der Waals surface area contributed by atoms with Crippen molar-refractivity contribution in [3.05, 3.63) is 34.9 Å². The van der Waals surface area contributed by atoms with Crippen LogP contribution in [0.5, 0.6) is 0 Å². The lowest BCUT2D eigenvalue weighted by molar-refractivity contribution is -0.115. The molecule has 0 saturated heterocycles. The average molecular weight is 342 g/mol. The topological polar surface area (TPSA) is 54.9 Å². The fourth-order valence-electron chi connectivity index (χ4n) is 1.51. The molecule has 0 aliphatic rings. The Morgan fingerprint density at radius 1 is 1.38 bits per heavy atom. The van der Waals surface area contributed by atoms with Crippen LogP contribution in [0.1, 0.15) is 25.8 Å². The Labute approximate surface area is 137 Å². The molecule has 1 N–H and O–H groups in total. The molecule has 0 aliphatic heterocycles. The maximum Gasteiger partial charge on any atom is 0.230 e. The van der Waals surface area contributed by atoms with Gasteiger partial charge in [0, 0.05) is 10.3 Å². The molecule has 1 atom stereocenters. The summed E-state index contributed by atoms with van der Waals surface area (Å²) in [4.78, 5) is 11.9. The van der Waals surface area contributed by atoms with Crippen molar-refractivity contribution in [3.8, 4) is 0 Å². The number of nitrogens with zero attached hydrogens (tertiary/aromatic N) is 2. The number of anilines is 1. The lowest BCUT2D eigenvalue weighted by Gasteiger charge is -2.03. The monoisotopic (exact) mass is 341 g/mol. The molecule has 4 nitrogen and oxygen atoms in total. The number of hydrogen-bond acceptors (Lipinski definition) is 5. The number of carbonyl (C=O) groups excluding carboxylic acids is 1. The van der Waals surface area contributed by atoms with E-state index in [9.17, 15) is 4.79 Å². The van der Waals surface area contributed by atoms with Gasteiger partial charge >= 0.3 is 0 Å². The van der Waals surface area contributed by atoms with Crippen molar-refractivity contribution in [1.82, 2.24) is 10.2 Å². The summed E-state index contributed by atoms with van der Waals surface area (Å²) in [6.45, 7) is 4.28. The van der Waals surface area contributed by atoms with Gasteiger partial charge in [-0.25, -0.2) is 0 Å². The molecule has 0 bridgehead atoms. The molecule has 0 spiro atoms. The second-order valence-corrected chi connectivity index (χ2v) is 7.66. The molecule has 2 rings (SSSR count). The Hall–Kier alpha value is -1.11. The molecule has 21 heavy (non-hydrogen) atoms. The van der Waals surface area contributed by atoms with Crippen LogP contribution in [0.25, 0.3) is 0 Å². The first-order valence-corrected chi connectivity index (χ1v) is 8.68. The highest BCUT2D eigenvalue weighted by Crippen LogP contribution is 2.29. The Morgan fingerprint density at radius 3 is 2.76 bits per heavy atom. The molecule has 0 radical (unpaired) electrons. The molecular weight excluding hydrogens is 326 g/mol. The van der Waals surface area contributed by atoms with Crippen molar-refractivity contribution in [2.75, 3.05) is 5.32 Å². The van der Waals surface area contributed by atoms with E-state index in [1.165, 1.54) is 11.3 Å². The van der Waals surface area contributed by atoms with Gasteiger partial charge in [0.15, 0.2) is 4.34 Å². The average Bonchev–Trinajstić information content (AvgIpc) is 2.88. The lowest BCUT2D eigenvalue weighted by Crippen LogP contribution is -2.14. The predicted octanol–water partition coefficient (Wildman–Crippen LogP) is 4.26. The second-order valence-electron chi connectivity index (χ2n) is 4.56. The first kappa shape index (κ1) is 16.3. The summed E-state index contributed by atoms with van der Waals surface area (Å²) in [6, 6.07) is 7.23. The van der Waals surface area contributed by atoms with E-state index in [2.05, 4.69) is 29.4 Å². The van der Waals surface area contributed by atoms with Crippen molar-refractivity contribution in [2.24, 2.45) is 0 Å². The predicted molar refractivity (Wildman–Crippen MR) is 89.3 cm³/mol. The number of benzene rings is 1. The molecule has 1 aromatic carbocycles. The van der Waals surface area contributed by atoms with Gasteiger partial charge in [0.05, 0.1) is 6.42 Å². The summed E-state index contributed by atoms with van der Waals surface area (Å²) in [5.41, 5.74) is 0.913. The van der Waals surface area contributed by atoms with Gasteiger partial charge in [0.25, 0.3) is 0 Å². The molecule has 0 fully saturated rings. The zero-order valence-corrected chi connectivity index (χ0v) is 14.2. The first-order valence-electron chi connectivity index (χ1n) is 6.61. The van der Waals surface area contributed by atoms with E-state index in [-0.39, 0.29) is 5.91 Å². The smallest absolute Gasteiger partial charge is 0.230 e. The summed E-state index contributed by atoms with van der Waals surface area (Å²) in [5, 5.41) is 12.5. The van der Waals surface area contributed by atoms with Crippen LogP contribution in [-0.2, 0) is 11.2 Å². The quantitative estimate of drug-likeness (QED) is 0.630. The van der Waals surface area contributed by atoms with E-state index in [0.29, 0.717) is 21.8 Å². The van der Waals surface area contributed by atoms with E-state index in [1.807, 2.05) is 12.1 Å². The first-order chi connectivity index (χ1) is 10.1. The third-order valence-corrected chi connectivity index (χ3v) is 5.25. The molecule has 1 amide bonds. The minimum atomic E-state index is -0.103. The summed E-state index contributed by atoms with van der Waals surface area (Å²) < 4.78 is 0.881. The molecule has 2 aromatic rings. The Bertz CT molecular complexity index is 601. The SMILES string of the molecule is CCC(C)Sc1nnc(NC(=O)Cc2ccc(Cl)cc2)s1. The van der Waals surface area contributed by atoms with Crippen LogP contribution in [0.2, 0.25) is 5.02 Å². The number of hydrogen-bond donors (Lipinski definition) is 1. The van der Waals surface area contributed by atoms with Gasteiger partial charge in [-0.15, -0.1) is 10.2 Å². The van der Waals surface area contributed by atoms with Gasteiger partial charge in [0.2, 0.25) is 11.0 Å². The van der Waals surface area contributed by atoms with Crippen molar-refractivity contribution >= 4 is 45.7 Å². The van der Waals surface area contributed by atoms with Gasteiger partial charge in [-0.05, 0) is 24.1 Å². The molecule has 1 aromatic heterocycles. The number of amides is 1. The maximum atomic E-state index is 11.9. The van der Waals surface area contributed by atoms with Crippen molar-refractivity contribution in [1.29, 1.82) is 0 Å². The fraction of sp³-hybridized carbons (Fsp3) is 0.357. The number of thioether (sulfide) groups is 1. The molecule has 1 heterocycles. The van der Waals surface area contributed by atoms with E-state index in [1.54, 1.807) is 23.9 Å². The zero-order valence-electron chi connectivity index (χ0n) is 11.8. The normalized spacial score (nSPS) is 12.1. The van der Waals surface area contributed by atoms with E-state index in [4.69, 9.17) is 11.6 Å². The summed E-state index contributed by atoms with van der Waals surface area (Å²) in [7, 11) is 0. The van der Waals surface area contributed by atoms with Gasteiger partial charge in [-0.3, -0.25) is 4.79 Å². The number of rotatable bonds is 6. The van der Waals surface area contributed by atoms with Crippen molar-refractivity contribution < 1.29 is 4.79 Å². The van der Waals surface area contributed by atoms with Crippen molar-refractivity contribution in [2.45, 2.75) is 36.3 Å². The molecule has 7 heteroatoms. The van der Waals surface area contributed by atoms with Crippen LogP contribution >= 0.6 is 34.7 Å². The van der Waals surface area contributed by atoms with Crippen LogP contribution < -0.4 is 5.32 Å². The number of halogens is 1. The van der Waals surface area contributed by atoms with Crippen LogP contribution in [0.4, 0.5) is 5.13 Å². The molecular formula is C14H16ClN3OS2. The number of carbonyl (C=O) groups is 1. The Kier molecular flexibility index (Phi) is 6.02. The molecule has 1 unspecified atom stereocenters. The summed E-state index contributed by atoms with van der Waals surface area (Å²) in [5.74, 6) is -0.103. The van der Waals surface area contributed by atoms with Crippen LogP contribution in [0.3, 0.4) is 0 Å². The van der Waals surface area contributed by atoms with Gasteiger partial charge in [0.1, 0.15) is 0 Å². The van der Waals surface area contributed by atoms with Gasteiger partial charge < -0.3 is 5.32 Å². The Morgan fingerprint density at radius 2 is 2.10 bits per heavy atom. The standard InChI is InChI=1S/C14H16ClN3OS2/c1-3-9(2)20-14-18-17-13(21-14)16-12(19)8-10-4-6-11(15)7-5-10/h4-7,9H,3,8H2,1-2H3,(H,16,17,19). The second kappa shape index (κ2) is 7.77. The largest absolute Gasteiger partial charge is 0.300 e. The highest BCUT2D eigenvalue weighted by molar-refractivity contribution is 8.01.